The molecule has 3 rings (SSSR count). The minimum Gasteiger partial charge on any atom is -0.506 e. The molecule has 140 valence electrons. The molecule has 2 aromatic rings. The summed E-state index contributed by atoms with van der Waals surface area (Å²) in [4.78, 5) is 19.0. The molecule has 7 heteroatoms. The average Bonchev–Trinajstić information content (AvgIpc) is 2.91. The molecule has 0 unspecified atom stereocenters. The Balaban J connectivity index is 1.91. The number of benzene rings is 2. The molecular weight excluding hydrogens is 364 g/mol. The largest absolute Gasteiger partial charge is 0.506 e. The van der Waals surface area contributed by atoms with Gasteiger partial charge in [0.1, 0.15) is 11.4 Å². The predicted octanol–water partition coefficient (Wildman–Crippen LogP) is 3.95. The van der Waals surface area contributed by atoms with E-state index in [1.165, 1.54) is 16.7 Å². The number of likely N-dealkylation sites (N-methyl/N-ethyl adjacent to an activating group) is 1. The number of nitrogens with zero attached hydrogens (tertiary/aromatic N) is 2. The Labute approximate surface area is 162 Å². The molecule has 0 atom stereocenters. The summed E-state index contributed by atoms with van der Waals surface area (Å²) >= 11 is 1.26. The van der Waals surface area contributed by atoms with E-state index in [9.17, 15) is 9.90 Å². The van der Waals surface area contributed by atoms with Gasteiger partial charge in [-0.15, -0.1) is 0 Å². The third kappa shape index (κ3) is 3.93. The fourth-order valence-electron chi connectivity index (χ4n) is 2.58. The first-order chi connectivity index (χ1) is 12.9. The highest BCUT2D eigenvalue weighted by Crippen LogP contribution is 2.36. The lowest BCUT2D eigenvalue weighted by Gasteiger charge is -2.08. The molecule has 1 aliphatic heterocycles. The lowest BCUT2D eigenvalue weighted by atomic mass is 10.2. The maximum Gasteiger partial charge on any atom is 0.266 e. The topological polar surface area (TPSA) is 71.4 Å². The van der Waals surface area contributed by atoms with Gasteiger partial charge in [-0.25, -0.2) is 4.99 Å². The van der Waals surface area contributed by atoms with Crippen LogP contribution in [0.4, 0.5) is 5.69 Å². The van der Waals surface area contributed by atoms with Crippen molar-refractivity contribution in [2.24, 2.45) is 4.99 Å². The van der Waals surface area contributed by atoms with Gasteiger partial charge in [0.25, 0.3) is 5.91 Å². The van der Waals surface area contributed by atoms with E-state index in [2.05, 4.69) is 4.99 Å². The Morgan fingerprint density at radius 3 is 2.52 bits per heavy atom. The highest BCUT2D eigenvalue weighted by molar-refractivity contribution is 8.18. The summed E-state index contributed by atoms with van der Waals surface area (Å²) in [7, 11) is 4.80. The summed E-state index contributed by atoms with van der Waals surface area (Å²) in [5.74, 6) is 1.15. The van der Waals surface area contributed by atoms with E-state index < -0.39 is 0 Å². The number of ether oxygens (including phenoxy) is 2. The molecule has 0 aliphatic carbocycles. The fraction of sp³-hybridized carbons (Fsp3) is 0.200. The molecule has 1 aliphatic rings. The zero-order valence-corrected chi connectivity index (χ0v) is 16.3. The van der Waals surface area contributed by atoms with Crippen molar-refractivity contribution >= 4 is 34.6 Å². The van der Waals surface area contributed by atoms with Crippen LogP contribution in [0.3, 0.4) is 0 Å². The monoisotopic (exact) mass is 384 g/mol. The summed E-state index contributed by atoms with van der Waals surface area (Å²) in [6, 6.07) is 10.7. The van der Waals surface area contributed by atoms with Crippen molar-refractivity contribution in [1.29, 1.82) is 0 Å². The number of hydrogen-bond donors (Lipinski definition) is 1. The van der Waals surface area contributed by atoms with Crippen LogP contribution in [-0.2, 0) is 4.79 Å². The SMILES string of the molecule is COc1ccc(/C=C2\SC(=Nc3ccc(C)cc3O)N(C)C2=O)cc1OC. The van der Waals surface area contributed by atoms with Crippen molar-refractivity contribution in [3.63, 3.8) is 0 Å². The van der Waals surface area contributed by atoms with Gasteiger partial charge in [0.2, 0.25) is 0 Å². The number of phenols is 1. The molecule has 1 N–H and O–H groups in total. The van der Waals surface area contributed by atoms with Gasteiger partial charge in [-0.1, -0.05) is 12.1 Å². The molecule has 0 aromatic heterocycles. The Morgan fingerprint density at radius 2 is 1.85 bits per heavy atom. The number of amidine groups is 1. The van der Waals surface area contributed by atoms with Crippen molar-refractivity contribution < 1.29 is 19.4 Å². The number of carbonyl (C=O) groups excluding carboxylic acids is 1. The fourth-order valence-corrected chi connectivity index (χ4v) is 3.56. The van der Waals surface area contributed by atoms with Gasteiger partial charge in [-0.3, -0.25) is 9.69 Å². The molecule has 2 aromatic carbocycles. The van der Waals surface area contributed by atoms with Crippen LogP contribution < -0.4 is 9.47 Å². The van der Waals surface area contributed by atoms with Crippen LogP contribution in [0.25, 0.3) is 6.08 Å². The quantitative estimate of drug-likeness (QED) is 0.808. The number of rotatable bonds is 4. The van der Waals surface area contributed by atoms with Crippen LogP contribution in [0.2, 0.25) is 0 Å². The van der Waals surface area contributed by atoms with Crippen molar-refractivity contribution in [2.45, 2.75) is 6.92 Å². The standard InChI is InChI=1S/C20H20N2O4S/c1-12-5-7-14(15(23)9-12)21-20-22(2)19(24)18(27-20)11-13-6-8-16(25-3)17(10-13)26-4/h5-11,23H,1-4H3/b18-11-,21-20?. The second-order valence-corrected chi connectivity index (χ2v) is 6.98. The van der Waals surface area contributed by atoms with Crippen LogP contribution >= 0.6 is 11.8 Å². The van der Waals surface area contributed by atoms with E-state index in [4.69, 9.17) is 9.47 Å². The number of carbonyl (C=O) groups is 1. The molecule has 1 fully saturated rings. The van der Waals surface area contributed by atoms with E-state index >= 15 is 0 Å². The second kappa shape index (κ2) is 7.75. The van der Waals surface area contributed by atoms with Crippen LogP contribution in [0, 0.1) is 6.92 Å². The lowest BCUT2D eigenvalue weighted by molar-refractivity contribution is -0.121. The third-order valence-corrected chi connectivity index (χ3v) is 5.12. The van der Waals surface area contributed by atoms with Gasteiger partial charge >= 0.3 is 0 Å². The Bertz CT molecular complexity index is 953. The molecule has 0 bridgehead atoms. The number of methoxy groups -OCH3 is 2. The maximum absolute atomic E-state index is 12.6. The first kappa shape index (κ1) is 18.8. The number of phenolic OH excluding ortho intramolecular Hbond substituents is 1. The second-order valence-electron chi connectivity index (χ2n) is 5.98. The van der Waals surface area contributed by atoms with E-state index in [0.29, 0.717) is 27.3 Å². The predicted molar refractivity (Wildman–Crippen MR) is 108 cm³/mol. The number of aryl methyl sites for hydroxylation is 1. The van der Waals surface area contributed by atoms with Crippen LogP contribution in [0.5, 0.6) is 17.2 Å². The third-order valence-electron chi connectivity index (χ3n) is 4.06. The Hall–Kier alpha value is -2.93. The van der Waals surface area contributed by atoms with Gasteiger partial charge in [0.05, 0.1) is 19.1 Å². The summed E-state index contributed by atoms with van der Waals surface area (Å²) in [6.45, 7) is 1.89. The number of amides is 1. The molecule has 0 radical (unpaired) electrons. The van der Waals surface area contributed by atoms with E-state index in [-0.39, 0.29) is 11.7 Å². The normalized spacial score (nSPS) is 17.0. The van der Waals surface area contributed by atoms with E-state index in [1.807, 2.05) is 19.1 Å². The van der Waals surface area contributed by atoms with Crippen molar-refractivity contribution in [3.8, 4) is 17.2 Å². The van der Waals surface area contributed by atoms with Gasteiger partial charge < -0.3 is 14.6 Å². The molecule has 1 heterocycles. The highest BCUT2D eigenvalue weighted by atomic mass is 32.2. The first-order valence-electron chi connectivity index (χ1n) is 8.21. The maximum atomic E-state index is 12.6. The van der Waals surface area contributed by atoms with Gasteiger partial charge in [-0.05, 0) is 60.2 Å². The molecule has 0 spiro atoms. The van der Waals surface area contributed by atoms with E-state index in [1.54, 1.807) is 51.6 Å². The zero-order valence-electron chi connectivity index (χ0n) is 15.5. The number of aromatic hydroxyl groups is 1. The summed E-state index contributed by atoms with van der Waals surface area (Å²) < 4.78 is 10.5. The Kier molecular flexibility index (Phi) is 5.41. The highest BCUT2D eigenvalue weighted by Gasteiger charge is 2.30. The van der Waals surface area contributed by atoms with Gasteiger partial charge in [0, 0.05) is 7.05 Å². The molecule has 0 saturated carbocycles. The summed E-state index contributed by atoms with van der Waals surface area (Å²) in [6.07, 6.45) is 1.78. The number of aliphatic imine (C=N–C) groups is 1. The molecule has 1 amide bonds. The van der Waals surface area contributed by atoms with Crippen LogP contribution in [0.1, 0.15) is 11.1 Å². The summed E-state index contributed by atoms with van der Waals surface area (Å²) in [5.41, 5.74) is 2.18. The molecular formula is C20H20N2O4S. The average molecular weight is 384 g/mol. The van der Waals surface area contributed by atoms with Crippen molar-refractivity contribution in [2.75, 3.05) is 21.3 Å². The minimum atomic E-state index is -0.153. The zero-order chi connectivity index (χ0) is 19.6. The molecule has 1 saturated heterocycles. The smallest absolute Gasteiger partial charge is 0.266 e. The number of hydrogen-bond acceptors (Lipinski definition) is 6. The van der Waals surface area contributed by atoms with Gasteiger partial charge in [-0.2, -0.15) is 0 Å². The van der Waals surface area contributed by atoms with Crippen LogP contribution in [-0.4, -0.2) is 42.3 Å². The van der Waals surface area contributed by atoms with E-state index in [0.717, 1.165) is 11.1 Å². The molecule has 6 nitrogen and oxygen atoms in total. The summed E-state index contributed by atoms with van der Waals surface area (Å²) in [5, 5.41) is 10.6. The van der Waals surface area contributed by atoms with Crippen molar-refractivity contribution in [1.82, 2.24) is 4.90 Å². The van der Waals surface area contributed by atoms with Crippen molar-refractivity contribution in [3.05, 3.63) is 52.4 Å². The Morgan fingerprint density at radius 1 is 1.11 bits per heavy atom. The number of thioether (sulfide) groups is 1. The minimum absolute atomic E-state index is 0.0845. The first-order valence-corrected chi connectivity index (χ1v) is 9.02. The molecule has 27 heavy (non-hydrogen) atoms. The lowest BCUT2D eigenvalue weighted by Crippen LogP contribution is -2.23. The van der Waals surface area contributed by atoms with Gasteiger partial charge in [0.15, 0.2) is 16.7 Å². The van der Waals surface area contributed by atoms with Crippen LogP contribution in [0.15, 0.2) is 46.3 Å².